The second kappa shape index (κ2) is 13.6. The van der Waals surface area contributed by atoms with Crippen LogP contribution in [0.5, 0.6) is 0 Å². The van der Waals surface area contributed by atoms with Crippen molar-refractivity contribution < 1.29 is 28.7 Å². The maximum Gasteiger partial charge on any atom is 0.340 e. The summed E-state index contributed by atoms with van der Waals surface area (Å²) in [5.74, 6) is -1.52. The molecule has 0 saturated carbocycles. The number of carbonyl (C=O) groups excluding carboxylic acids is 4. The van der Waals surface area contributed by atoms with E-state index in [2.05, 4.69) is 20.6 Å². The summed E-state index contributed by atoms with van der Waals surface area (Å²) in [6.07, 6.45) is 4.46. The van der Waals surface area contributed by atoms with E-state index in [0.29, 0.717) is 0 Å². The van der Waals surface area contributed by atoms with Gasteiger partial charge in [-0.3, -0.25) is 0 Å². The van der Waals surface area contributed by atoms with Gasteiger partial charge in [-0.15, -0.1) is 0 Å². The van der Waals surface area contributed by atoms with Gasteiger partial charge in [0.25, 0.3) is 0 Å². The molecule has 0 saturated heterocycles. The van der Waals surface area contributed by atoms with E-state index in [9.17, 15) is 19.2 Å². The molecule has 10 heteroatoms. The number of aliphatic imine (C=N–C) groups is 2. The van der Waals surface area contributed by atoms with Crippen molar-refractivity contribution >= 4 is 36.4 Å². The van der Waals surface area contributed by atoms with Gasteiger partial charge in [0, 0.05) is 24.6 Å². The highest BCUT2D eigenvalue weighted by Crippen LogP contribution is 1.86. The Bertz CT molecular complexity index is 481. The fraction of sp³-hybridized carbons (Fsp3) is 0.429. The topological polar surface area (TPSA) is 136 Å². The standard InChI is InChI=1S/C14H20N4O6/c1-3-15-13(21)17-7-9-23-11(19)5-6-12(20)24-10-8-18-14(22)16-4-2/h3-6H,7-10H2,1-2H3,(H,17,21)(H,18,22)/b6-5+,15-3?,16-4?. The van der Waals surface area contributed by atoms with Gasteiger partial charge in [-0.1, -0.05) is 0 Å². The van der Waals surface area contributed by atoms with Crippen LogP contribution >= 0.6 is 0 Å². The van der Waals surface area contributed by atoms with Crippen LogP contribution in [0.25, 0.3) is 0 Å². The summed E-state index contributed by atoms with van der Waals surface area (Å²) in [6, 6.07) is -1.08. The molecule has 0 aliphatic rings. The molecule has 132 valence electrons. The third kappa shape index (κ3) is 12.7. The van der Waals surface area contributed by atoms with Gasteiger partial charge in [-0.2, -0.15) is 0 Å². The fourth-order valence-electron chi connectivity index (χ4n) is 1.18. The number of nitrogens with one attached hydrogen (secondary N) is 2. The number of esters is 2. The lowest BCUT2D eigenvalue weighted by atomic mass is 10.5. The number of nitrogens with zero attached hydrogens (tertiary/aromatic N) is 2. The van der Waals surface area contributed by atoms with Crippen LogP contribution in [0.2, 0.25) is 0 Å². The van der Waals surface area contributed by atoms with Crippen LogP contribution < -0.4 is 10.6 Å². The summed E-state index contributed by atoms with van der Waals surface area (Å²) in [7, 11) is 0. The first kappa shape index (κ1) is 21.0. The Morgan fingerprint density at radius 2 is 1.17 bits per heavy atom. The van der Waals surface area contributed by atoms with E-state index in [1.807, 2.05) is 0 Å². The normalized spacial score (nSPS) is 10.9. The highest BCUT2D eigenvalue weighted by molar-refractivity contribution is 5.91. The Morgan fingerprint density at radius 1 is 0.792 bits per heavy atom. The van der Waals surface area contributed by atoms with Gasteiger partial charge in [0.1, 0.15) is 13.2 Å². The summed E-state index contributed by atoms with van der Waals surface area (Å²) in [4.78, 5) is 51.3. The Kier molecular flexibility index (Phi) is 11.9. The van der Waals surface area contributed by atoms with Crippen LogP contribution in [0.1, 0.15) is 13.8 Å². The Hall–Kier alpha value is -3.04. The molecule has 0 spiro atoms. The lowest BCUT2D eigenvalue weighted by Crippen LogP contribution is -2.25. The van der Waals surface area contributed by atoms with Crippen LogP contribution in [0.15, 0.2) is 22.1 Å². The SMILES string of the molecule is CC=NC(=O)NCCOC(=O)/C=C/C(=O)OCCNC(=O)N=CC. The van der Waals surface area contributed by atoms with Crippen molar-refractivity contribution in [2.45, 2.75) is 13.8 Å². The number of rotatable bonds is 8. The molecular weight excluding hydrogens is 320 g/mol. The summed E-state index contributed by atoms with van der Waals surface area (Å²) < 4.78 is 9.46. The van der Waals surface area contributed by atoms with Crippen molar-refractivity contribution in [3.05, 3.63) is 12.2 Å². The zero-order valence-corrected chi connectivity index (χ0v) is 13.5. The molecule has 0 fully saturated rings. The quantitative estimate of drug-likeness (QED) is 0.281. The van der Waals surface area contributed by atoms with Crippen LogP contribution in [0, 0.1) is 0 Å². The molecule has 0 aromatic carbocycles. The molecule has 0 atom stereocenters. The molecule has 0 aliphatic heterocycles. The van der Waals surface area contributed by atoms with Crippen molar-refractivity contribution in [3.8, 4) is 0 Å². The number of carbonyl (C=O) groups is 4. The number of hydrogen-bond donors (Lipinski definition) is 2. The second-order valence-electron chi connectivity index (χ2n) is 3.91. The molecule has 0 aromatic heterocycles. The van der Waals surface area contributed by atoms with Crippen molar-refractivity contribution in [1.29, 1.82) is 0 Å². The van der Waals surface area contributed by atoms with Crippen LogP contribution in [-0.4, -0.2) is 62.7 Å². The molecule has 4 amide bonds. The van der Waals surface area contributed by atoms with Crippen LogP contribution in [0.3, 0.4) is 0 Å². The van der Waals surface area contributed by atoms with Gasteiger partial charge in [-0.25, -0.2) is 29.2 Å². The van der Waals surface area contributed by atoms with E-state index in [1.54, 1.807) is 13.8 Å². The lowest BCUT2D eigenvalue weighted by molar-refractivity contribution is -0.140. The smallest absolute Gasteiger partial charge is 0.340 e. The molecule has 2 N–H and O–H groups in total. The van der Waals surface area contributed by atoms with Crippen molar-refractivity contribution in [2.75, 3.05) is 26.3 Å². The molecule has 0 heterocycles. The summed E-state index contributed by atoms with van der Waals surface area (Å²) in [5.41, 5.74) is 0. The van der Waals surface area contributed by atoms with Crippen LogP contribution in [-0.2, 0) is 19.1 Å². The zero-order valence-electron chi connectivity index (χ0n) is 13.5. The average molecular weight is 340 g/mol. The van der Waals surface area contributed by atoms with E-state index < -0.39 is 24.0 Å². The Balaban J connectivity index is 3.79. The second-order valence-corrected chi connectivity index (χ2v) is 3.91. The molecule has 0 rings (SSSR count). The predicted octanol–water partition coefficient (Wildman–Crippen LogP) is 0.230. The third-order valence-corrected chi connectivity index (χ3v) is 2.09. The van der Waals surface area contributed by atoms with E-state index in [1.165, 1.54) is 12.4 Å². The molecule has 24 heavy (non-hydrogen) atoms. The maximum atomic E-state index is 11.3. The lowest BCUT2D eigenvalue weighted by Gasteiger charge is -2.03. The van der Waals surface area contributed by atoms with Gasteiger partial charge in [0.15, 0.2) is 0 Å². The van der Waals surface area contributed by atoms with Gasteiger partial charge >= 0.3 is 24.0 Å². The van der Waals surface area contributed by atoms with E-state index >= 15 is 0 Å². The van der Waals surface area contributed by atoms with Crippen molar-refractivity contribution in [3.63, 3.8) is 0 Å². The highest BCUT2D eigenvalue weighted by atomic mass is 16.5. The van der Waals surface area contributed by atoms with Gasteiger partial charge in [0.05, 0.1) is 13.1 Å². The first-order chi connectivity index (χ1) is 11.5. The monoisotopic (exact) mass is 340 g/mol. The predicted molar refractivity (Wildman–Crippen MR) is 86.2 cm³/mol. The third-order valence-electron chi connectivity index (χ3n) is 2.09. The molecule has 0 unspecified atom stereocenters. The number of ether oxygens (including phenoxy) is 2. The van der Waals surface area contributed by atoms with Gasteiger partial charge in [-0.05, 0) is 13.8 Å². The minimum Gasteiger partial charge on any atom is -0.461 e. The van der Waals surface area contributed by atoms with Gasteiger partial charge < -0.3 is 20.1 Å². The molecule has 10 nitrogen and oxygen atoms in total. The fourth-order valence-corrected chi connectivity index (χ4v) is 1.18. The summed E-state index contributed by atoms with van der Waals surface area (Å²) >= 11 is 0. The zero-order chi connectivity index (χ0) is 18.2. The molecular formula is C14H20N4O6. The van der Waals surface area contributed by atoms with Crippen molar-refractivity contribution in [2.24, 2.45) is 9.98 Å². The Morgan fingerprint density at radius 3 is 1.50 bits per heavy atom. The molecule has 0 aromatic rings. The van der Waals surface area contributed by atoms with E-state index in [4.69, 9.17) is 9.47 Å². The van der Waals surface area contributed by atoms with Gasteiger partial charge in [0.2, 0.25) is 0 Å². The maximum absolute atomic E-state index is 11.3. The minimum atomic E-state index is -0.759. The largest absolute Gasteiger partial charge is 0.461 e. The van der Waals surface area contributed by atoms with E-state index in [-0.39, 0.29) is 26.3 Å². The number of amides is 4. The molecule has 0 aliphatic carbocycles. The Labute approximate surface area is 139 Å². The van der Waals surface area contributed by atoms with Crippen molar-refractivity contribution in [1.82, 2.24) is 10.6 Å². The number of hydrogen-bond acceptors (Lipinski definition) is 6. The minimum absolute atomic E-state index is 0.0623. The van der Waals surface area contributed by atoms with Crippen LogP contribution in [0.4, 0.5) is 9.59 Å². The summed E-state index contributed by atoms with van der Waals surface area (Å²) in [6.45, 7) is 3.26. The molecule has 0 bridgehead atoms. The number of urea groups is 2. The highest BCUT2D eigenvalue weighted by Gasteiger charge is 2.02. The van der Waals surface area contributed by atoms with E-state index in [0.717, 1.165) is 12.2 Å². The average Bonchev–Trinajstić information content (AvgIpc) is 2.54. The summed E-state index contributed by atoms with van der Waals surface area (Å²) in [5, 5.41) is 4.76. The first-order valence-electron chi connectivity index (χ1n) is 7.04. The first-order valence-corrected chi connectivity index (χ1v) is 7.04. The molecule has 0 radical (unpaired) electrons.